The number of likely N-dealkylation sites (N-methyl/N-ethyl adjacent to an activating group) is 1. The molecule has 2 rings (SSSR count). The molecule has 98 valence electrons. The molecular formula is C12H22N2O3. The Morgan fingerprint density at radius 1 is 1.53 bits per heavy atom. The average molecular weight is 242 g/mol. The van der Waals surface area contributed by atoms with Crippen molar-refractivity contribution in [2.75, 3.05) is 39.9 Å². The van der Waals surface area contributed by atoms with Crippen LogP contribution >= 0.6 is 0 Å². The fourth-order valence-corrected chi connectivity index (χ4v) is 2.64. The number of carbonyl (C=O) groups is 1. The number of hydrogen-bond acceptors (Lipinski definition) is 4. The van der Waals surface area contributed by atoms with Gasteiger partial charge in [-0.15, -0.1) is 0 Å². The van der Waals surface area contributed by atoms with Crippen molar-refractivity contribution in [3.05, 3.63) is 0 Å². The first-order valence-electron chi connectivity index (χ1n) is 6.37. The van der Waals surface area contributed by atoms with E-state index in [0.29, 0.717) is 26.3 Å². The summed E-state index contributed by atoms with van der Waals surface area (Å²) >= 11 is 0. The lowest BCUT2D eigenvalue weighted by Crippen LogP contribution is -2.47. The van der Waals surface area contributed by atoms with E-state index < -0.39 is 5.60 Å². The molecule has 2 heterocycles. The first kappa shape index (κ1) is 12.8. The molecule has 0 aromatic rings. The number of nitrogens with one attached hydrogen (secondary N) is 1. The van der Waals surface area contributed by atoms with Gasteiger partial charge in [0.15, 0.2) is 0 Å². The van der Waals surface area contributed by atoms with Crippen LogP contribution < -0.4 is 5.32 Å². The minimum Gasteiger partial charge on any atom is -0.387 e. The third-order valence-electron chi connectivity index (χ3n) is 3.70. The highest BCUT2D eigenvalue weighted by molar-refractivity contribution is 5.78. The fraction of sp³-hybridized carbons (Fsp3) is 0.917. The van der Waals surface area contributed by atoms with Gasteiger partial charge in [-0.25, -0.2) is 0 Å². The van der Waals surface area contributed by atoms with Crippen molar-refractivity contribution in [1.82, 2.24) is 10.2 Å². The van der Waals surface area contributed by atoms with Gasteiger partial charge in [-0.2, -0.15) is 0 Å². The highest BCUT2D eigenvalue weighted by Gasteiger charge is 2.35. The molecule has 2 fully saturated rings. The Hall–Kier alpha value is -0.650. The van der Waals surface area contributed by atoms with Gasteiger partial charge in [0, 0.05) is 32.7 Å². The number of hydrogen-bond donors (Lipinski definition) is 2. The number of β-amino-alcohol motifs (C(OH)–C–C–N with tert-alkyl or cyclic N) is 1. The smallest absolute Gasteiger partial charge is 0.225 e. The summed E-state index contributed by atoms with van der Waals surface area (Å²) in [6.07, 6.45) is 2.33. The zero-order valence-corrected chi connectivity index (χ0v) is 10.4. The van der Waals surface area contributed by atoms with Gasteiger partial charge in [0.25, 0.3) is 0 Å². The molecule has 0 radical (unpaired) electrons. The molecule has 0 aromatic heterocycles. The predicted octanol–water partition coefficient (Wildman–Crippen LogP) is -0.404. The molecule has 0 spiro atoms. The maximum Gasteiger partial charge on any atom is 0.225 e. The quantitative estimate of drug-likeness (QED) is 0.706. The molecule has 2 aliphatic rings. The Morgan fingerprint density at radius 2 is 2.24 bits per heavy atom. The van der Waals surface area contributed by atoms with Gasteiger partial charge >= 0.3 is 0 Å². The lowest BCUT2D eigenvalue weighted by Gasteiger charge is -2.31. The van der Waals surface area contributed by atoms with Crippen LogP contribution in [0.1, 0.15) is 19.3 Å². The zero-order chi connectivity index (χ0) is 12.3. The molecule has 1 atom stereocenters. The highest BCUT2D eigenvalue weighted by Crippen LogP contribution is 2.20. The van der Waals surface area contributed by atoms with Crippen LogP contribution in [0.3, 0.4) is 0 Å². The van der Waals surface area contributed by atoms with Gasteiger partial charge in [-0.1, -0.05) is 0 Å². The van der Waals surface area contributed by atoms with E-state index in [0.717, 1.165) is 25.8 Å². The molecular weight excluding hydrogens is 220 g/mol. The average Bonchev–Trinajstić information content (AvgIpc) is 2.76. The molecule has 17 heavy (non-hydrogen) atoms. The van der Waals surface area contributed by atoms with E-state index in [1.165, 1.54) is 0 Å². The van der Waals surface area contributed by atoms with Crippen molar-refractivity contribution in [1.29, 1.82) is 0 Å². The minimum absolute atomic E-state index is 0.0757. The number of carbonyl (C=O) groups excluding carboxylic acids is 1. The lowest BCUT2D eigenvalue weighted by atomic mass is 9.97. The third-order valence-corrected chi connectivity index (χ3v) is 3.70. The maximum atomic E-state index is 12.2. The normalized spacial score (nSPS) is 30.5. The first-order valence-corrected chi connectivity index (χ1v) is 6.37. The van der Waals surface area contributed by atoms with E-state index in [1.807, 2.05) is 0 Å². The molecule has 0 aromatic carbocycles. The largest absolute Gasteiger partial charge is 0.387 e. The molecule has 2 N–H and O–H groups in total. The van der Waals surface area contributed by atoms with Crippen LogP contribution in [0.4, 0.5) is 0 Å². The van der Waals surface area contributed by atoms with E-state index in [4.69, 9.17) is 4.74 Å². The number of amides is 1. The fourth-order valence-electron chi connectivity index (χ4n) is 2.64. The van der Waals surface area contributed by atoms with Gasteiger partial charge in [0.05, 0.1) is 12.1 Å². The monoisotopic (exact) mass is 242 g/mol. The molecule has 1 unspecified atom stereocenters. The minimum atomic E-state index is -0.740. The SMILES string of the molecule is CN(CC1(O)CCNC1)C(=O)C1CCOCC1. The second-order valence-electron chi connectivity index (χ2n) is 5.23. The highest BCUT2D eigenvalue weighted by atomic mass is 16.5. The third kappa shape index (κ3) is 3.18. The van der Waals surface area contributed by atoms with E-state index in [2.05, 4.69) is 5.32 Å². The summed E-state index contributed by atoms with van der Waals surface area (Å²) in [6, 6.07) is 0. The molecule has 1 amide bonds. The summed E-state index contributed by atoms with van der Waals surface area (Å²) in [5, 5.41) is 13.4. The maximum absolute atomic E-state index is 12.2. The van der Waals surface area contributed by atoms with Crippen LogP contribution in [0.2, 0.25) is 0 Å². The van der Waals surface area contributed by atoms with Crippen molar-refractivity contribution in [2.45, 2.75) is 24.9 Å². The predicted molar refractivity (Wildman–Crippen MR) is 63.6 cm³/mol. The zero-order valence-electron chi connectivity index (χ0n) is 10.4. The van der Waals surface area contributed by atoms with Crippen molar-refractivity contribution < 1.29 is 14.6 Å². The molecule has 0 bridgehead atoms. The molecule has 0 aliphatic carbocycles. The standard InChI is InChI=1S/C12H22N2O3/c1-14(9-12(16)4-5-13-8-12)11(15)10-2-6-17-7-3-10/h10,13,16H,2-9H2,1H3. The van der Waals surface area contributed by atoms with Crippen LogP contribution in [0.15, 0.2) is 0 Å². The van der Waals surface area contributed by atoms with Gasteiger partial charge in [0.1, 0.15) is 0 Å². The Morgan fingerprint density at radius 3 is 2.82 bits per heavy atom. The second-order valence-corrected chi connectivity index (χ2v) is 5.23. The van der Waals surface area contributed by atoms with Gasteiger partial charge < -0.3 is 20.1 Å². The topological polar surface area (TPSA) is 61.8 Å². The van der Waals surface area contributed by atoms with Crippen LogP contribution in [-0.4, -0.2) is 61.4 Å². The van der Waals surface area contributed by atoms with E-state index >= 15 is 0 Å². The Kier molecular flexibility index (Phi) is 4.01. The van der Waals surface area contributed by atoms with Crippen molar-refractivity contribution >= 4 is 5.91 Å². The summed E-state index contributed by atoms with van der Waals surface area (Å²) in [4.78, 5) is 13.9. The van der Waals surface area contributed by atoms with Crippen LogP contribution in [0.5, 0.6) is 0 Å². The molecule has 0 saturated carbocycles. The number of ether oxygens (including phenoxy) is 1. The first-order chi connectivity index (χ1) is 8.11. The van der Waals surface area contributed by atoms with Crippen LogP contribution in [-0.2, 0) is 9.53 Å². The number of nitrogens with zero attached hydrogens (tertiary/aromatic N) is 1. The van der Waals surface area contributed by atoms with Gasteiger partial charge in [-0.3, -0.25) is 4.79 Å². The Bertz CT molecular complexity index is 271. The number of rotatable bonds is 3. The van der Waals surface area contributed by atoms with E-state index in [9.17, 15) is 9.90 Å². The summed E-state index contributed by atoms with van der Waals surface area (Å²) in [5.74, 6) is 0.223. The second kappa shape index (κ2) is 5.33. The summed E-state index contributed by atoms with van der Waals surface area (Å²) in [5.41, 5.74) is -0.740. The van der Waals surface area contributed by atoms with Crippen LogP contribution in [0, 0.1) is 5.92 Å². The van der Waals surface area contributed by atoms with Crippen molar-refractivity contribution in [2.24, 2.45) is 5.92 Å². The van der Waals surface area contributed by atoms with Gasteiger partial charge in [-0.05, 0) is 25.8 Å². The van der Waals surface area contributed by atoms with Crippen LogP contribution in [0.25, 0.3) is 0 Å². The summed E-state index contributed by atoms with van der Waals surface area (Å²) < 4.78 is 5.25. The van der Waals surface area contributed by atoms with Crippen molar-refractivity contribution in [3.63, 3.8) is 0 Å². The summed E-state index contributed by atoms with van der Waals surface area (Å²) in [7, 11) is 1.79. The van der Waals surface area contributed by atoms with Gasteiger partial charge in [0.2, 0.25) is 5.91 Å². The van der Waals surface area contributed by atoms with E-state index in [-0.39, 0.29) is 11.8 Å². The van der Waals surface area contributed by atoms with E-state index in [1.54, 1.807) is 11.9 Å². The Labute approximate surface area is 102 Å². The molecule has 2 aliphatic heterocycles. The van der Waals surface area contributed by atoms with Crippen molar-refractivity contribution in [3.8, 4) is 0 Å². The molecule has 5 heteroatoms. The lowest BCUT2D eigenvalue weighted by molar-refractivity contribution is -0.140. The molecule has 5 nitrogen and oxygen atoms in total. The number of aliphatic hydroxyl groups is 1. The molecule has 2 saturated heterocycles. The summed E-state index contributed by atoms with van der Waals surface area (Å²) in [6.45, 7) is 3.19. The Balaban J connectivity index is 1.85.